The Bertz CT molecular complexity index is 515. The van der Waals surface area contributed by atoms with Crippen molar-refractivity contribution in [2.75, 3.05) is 31.7 Å². The Kier molecular flexibility index (Phi) is 4.43. The SMILES string of the molecule is O=C(O)c1cc([N+](=O)[O-])cnc1NCC1COCCO1. The first-order valence-corrected chi connectivity index (χ1v) is 5.89. The molecule has 0 bridgehead atoms. The first kappa shape index (κ1) is 14.2. The van der Waals surface area contributed by atoms with Gasteiger partial charge in [0.1, 0.15) is 17.6 Å². The van der Waals surface area contributed by atoms with Gasteiger partial charge in [-0.25, -0.2) is 9.78 Å². The zero-order valence-corrected chi connectivity index (χ0v) is 10.4. The molecule has 20 heavy (non-hydrogen) atoms. The van der Waals surface area contributed by atoms with E-state index in [1.165, 1.54) is 0 Å². The largest absolute Gasteiger partial charge is 0.478 e. The molecule has 9 nitrogen and oxygen atoms in total. The summed E-state index contributed by atoms with van der Waals surface area (Å²) in [5, 5.41) is 22.5. The van der Waals surface area contributed by atoms with Crippen molar-refractivity contribution < 1.29 is 24.3 Å². The van der Waals surface area contributed by atoms with Crippen molar-refractivity contribution in [1.29, 1.82) is 0 Å². The summed E-state index contributed by atoms with van der Waals surface area (Å²) >= 11 is 0. The molecule has 1 unspecified atom stereocenters. The lowest BCUT2D eigenvalue weighted by atomic mass is 10.2. The number of anilines is 1. The summed E-state index contributed by atoms with van der Waals surface area (Å²) in [5.74, 6) is -1.22. The van der Waals surface area contributed by atoms with Crippen molar-refractivity contribution in [2.24, 2.45) is 0 Å². The Morgan fingerprint density at radius 2 is 2.40 bits per heavy atom. The van der Waals surface area contributed by atoms with E-state index in [9.17, 15) is 14.9 Å². The molecule has 108 valence electrons. The molecule has 0 aromatic carbocycles. The summed E-state index contributed by atoms with van der Waals surface area (Å²) in [5.41, 5.74) is -0.624. The summed E-state index contributed by atoms with van der Waals surface area (Å²) in [6.45, 7) is 1.73. The first-order chi connectivity index (χ1) is 9.58. The second-order valence-electron chi connectivity index (χ2n) is 4.10. The number of nitrogens with zero attached hydrogens (tertiary/aromatic N) is 2. The fraction of sp³-hybridized carbons (Fsp3) is 0.455. The minimum absolute atomic E-state index is 0.0669. The molecule has 1 aromatic rings. The minimum Gasteiger partial charge on any atom is -0.478 e. The molecule has 1 aliphatic heterocycles. The van der Waals surface area contributed by atoms with Crippen LogP contribution < -0.4 is 5.32 Å². The van der Waals surface area contributed by atoms with Gasteiger partial charge < -0.3 is 19.9 Å². The average Bonchev–Trinajstić information content (AvgIpc) is 2.45. The molecule has 0 radical (unpaired) electrons. The highest BCUT2D eigenvalue weighted by Crippen LogP contribution is 2.19. The molecule has 1 aromatic heterocycles. The van der Waals surface area contributed by atoms with Crippen LogP contribution in [0.3, 0.4) is 0 Å². The van der Waals surface area contributed by atoms with Crippen LogP contribution in [-0.2, 0) is 9.47 Å². The smallest absolute Gasteiger partial charge is 0.339 e. The third-order valence-electron chi connectivity index (χ3n) is 2.70. The highest BCUT2D eigenvalue weighted by Gasteiger charge is 2.19. The summed E-state index contributed by atoms with van der Waals surface area (Å²) in [7, 11) is 0. The van der Waals surface area contributed by atoms with E-state index in [0.717, 1.165) is 12.3 Å². The molecular weight excluding hydrogens is 270 g/mol. The van der Waals surface area contributed by atoms with Gasteiger partial charge in [-0.2, -0.15) is 0 Å². The number of ether oxygens (including phenoxy) is 2. The molecule has 1 saturated heterocycles. The number of aromatic carboxylic acids is 1. The van der Waals surface area contributed by atoms with Crippen molar-refractivity contribution in [3.05, 3.63) is 27.9 Å². The van der Waals surface area contributed by atoms with Crippen LogP contribution in [0.5, 0.6) is 0 Å². The Morgan fingerprint density at radius 3 is 3.00 bits per heavy atom. The first-order valence-electron chi connectivity index (χ1n) is 5.89. The number of nitrogens with one attached hydrogen (secondary N) is 1. The summed E-state index contributed by atoms with van der Waals surface area (Å²) in [6, 6.07) is 0.968. The predicted molar refractivity (Wildman–Crippen MR) is 66.9 cm³/mol. The maximum absolute atomic E-state index is 11.1. The van der Waals surface area contributed by atoms with E-state index in [2.05, 4.69) is 10.3 Å². The molecule has 2 heterocycles. The lowest BCUT2D eigenvalue weighted by Crippen LogP contribution is -2.34. The Morgan fingerprint density at radius 1 is 1.60 bits per heavy atom. The quantitative estimate of drug-likeness (QED) is 0.591. The normalized spacial score (nSPS) is 18.5. The van der Waals surface area contributed by atoms with Gasteiger partial charge in [0.2, 0.25) is 0 Å². The summed E-state index contributed by atoms with van der Waals surface area (Å²) in [6.07, 6.45) is 0.801. The molecule has 1 atom stereocenters. The predicted octanol–water partition coefficient (Wildman–Crippen LogP) is 0.515. The van der Waals surface area contributed by atoms with E-state index in [0.29, 0.717) is 26.4 Å². The van der Waals surface area contributed by atoms with Crippen molar-refractivity contribution in [2.45, 2.75) is 6.10 Å². The Hall–Kier alpha value is -2.26. The number of hydrogen-bond donors (Lipinski definition) is 2. The van der Waals surface area contributed by atoms with Crippen LogP contribution in [-0.4, -0.2) is 53.5 Å². The van der Waals surface area contributed by atoms with Gasteiger partial charge in [-0.05, 0) is 0 Å². The van der Waals surface area contributed by atoms with E-state index in [4.69, 9.17) is 14.6 Å². The molecule has 1 aliphatic rings. The molecule has 0 aliphatic carbocycles. The lowest BCUT2D eigenvalue weighted by Gasteiger charge is -2.23. The zero-order chi connectivity index (χ0) is 14.5. The number of carboxylic acid groups (broad SMARTS) is 1. The fourth-order valence-corrected chi connectivity index (χ4v) is 1.72. The van der Waals surface area contributed by atoms with Crippen LogP contribution in [0.25, 0.3) is 0 Å². The minimum atomic E-state index is -1.29. The van der Waals surface area contributed by atoms with Crippen LogP contribution >= 0.6 is 0 Å². The van der Waals surface area contributed by atoms with Gasteiger partial charge in [-0.1, -0.05) is 0 Å². The number of pyridine rings is 1. The number of aromatic nitrogens is 1. The average molecular weight is 283 g/mol. The number of carboxylic acids is 1. The van der Waals surface area contributed by atoms with Gasteiger partial charge in [-0.3, -0.25) is 10.1 Å². The van der Waals surface area contributed by atoms with E-state index >= 15 is 0 Å². The molecule has 2 rings (SSSR count). The molecule has 2 N–H and O–H groups in total. The molecule has 0 amide bonds. The van der Waals surface area contributed by atoms with Gasteiger partial charge in [-0.15, -0.1) is 0 Å². The number of carbonyl (C=O) groups is 1. The van der Waals surface area contributed by atoms with Crippen LogP contribution in [0.1, 0.15) is 10.4 Å². The molecule has 0 saturated carbocycles. The van der Waals surface area contributed by atoms with E-state index < -0.39 is 10.9 Å². The van der Waals surface area contributed by atoms with Crippen LogP contribution in [0.15, 0.2) is 12.3 Å². The van der Waals surface area contributed by atoms with Crippen molar-refractivity contribution >= 4 is 17.5 Å². The fourth-order valence-electron chi connectivity index (χ4n) is 1.72. The molecular formula is C11H13N3O6. The van der Waals surface area contributed by atoms with Crippen LogP contribution in [0.4, 0.5) is 11.5 Å². The molecule has 1 fully saturated rings. The van der Waals surface area contributed by atoms with Crippen molar-refractivity contribution in [3.8, 4) is 0 Å². The van der Waals surface area contributed by atoms with E-state index in [1.807, 2.05) is 0 Å². The Balaban J connectivity index is 2.09. The van der Waals surface area contributed by atoms with E-state index in [1.54, 1.807) is 0 Å². The monoisotopic (exact) mass is 283 g/mol. The second kappa shape index (κ2) is 6.26. The van der Waals surface area contributed by atoms with E-state index in [-0.39, 0.29) is 23.2 Å². The number of nitro groups is 1. The van der Waals surface area contributed by atoms with Gasteiger partial charge in [0, 0.05) is 12.6 Å². The third-order valence-corrected chi connectivity index (χ3v) is 2.70. The summed E-state index contributed by atoms with van der Waals surface area (Å²) in [4.78, 5) is 24.8. The van der Waals surface area contributed by atoms with Gasteiger partial charge >= 0.3 is 5.97 Å². The lowest BCUT2D eigenvalue weighted by molar-refractivity contribution is -0.385. The summed E-state index contributed by atoms with van der Waals surface area (Å²) < 4.78 is 10.6. The maximum Gasteiger partial charge on any atom is 0.339 e. The Labute approximate surface area is 113 Å². The van der Waals surface area contributed by atoms with Crippen LogP contribution in [0.2, 0.25) is 0 Å². The molecule has 0 spiro atoms. The molecule has 9 heteroatoms. The third kappa shape index (κ3) is 3.39. The zero-order valence-electron chi connectivity index (χ0n) is 10.4. The van der Waals surface area contributed by atoms with Crippen molar-refractivity contribution in [3.63, 3.8) is 0 Å². The van der Waals surface area contributed by atoms with Crippen LogP contribution in [0, 0.1) is 10.1 Å². The number of rotatable bonds is 5. The highest BCUT2D eigenvalue weighted by atomic mass is 16.6. The maximum atomic E-state index is 11.1. The van der Waals surface area contributed by atoms with Crippen molar-refractivity contribution in [1.82, 2.24) is 4.98 Å². The number of hydrogen-bond acceptors (Lipinski definition) is 7. The second-order valence-corrected chi connectivity index (χ2v) is 4.10. The van der Waals surface area contributed by atoms with Gasteiger partial charge in [0.25, 0.3) is 5.69 Å². The highest BCUT2D eigenvalue weighted by molar-refractivity contribution is 5.93. The van der Waals surface area contributed by atoms with Gasteiger partial charge in [0.05, 0.1) is 30.8 Å². The van der Waals surface area contributed by atoms with Gasteiger partial charge in [0.15, 0.2) is 0 Å². The standard InChI is InChI=1S/C11H13N3O6/c15-11(16)9-3-7(14(17)18)4-12-10(9)13-5-8-6-19-1-2-20-8/h3-4,8H,1-2,5-6H2,(H,12,13)(H,15,16). The topological polar surface area (TPSA) is 124 Å².